The number of nitrogens with one attached hydrogen (secondary N) is 1. The van der Waals surface area contributed by atoms with E-state index in [-0.39, 0.29) is 12.0 Å². The number of ether oxygens (including phenoxy) is 1. The zero-order valence-electron chi connectivity index (χ0n) is 11.9. The van der Waals surface area contributed by atoms with Crippen LogP contribution in [-0.2, 0) is 4.74 Å². The van der Waals surface area contributed by atoms with Gasteiger partial charge in [-0.15, -0.1) is 0 Å². The zero-order chi connectivity index (χ0) is 14.5. The lowest BCUT2D eigenvalue weighted by Crippen LogP contribution is -2.36. The number of pyridine rings is 1. The predicted octanol–water partition coefficient (Wildman–Crippen LogP) is 2.21. The number of amides is 1. The van der Waals surface area contributed by atoms with Gasteiger partial charge in [0.05, 0.1) is 11.7 Å². The molecule has 2 rings (SSSR count). The van der Waals surface area contributed by atoms with Crippen LogP contribution in [0.2, 0.25) is 0 Å². The molecule has 1 fully saturated rings. The first-order valence-electron chi connectivity index (χ1n) is 6.80. The molecule has 20 heavy (non-hydrogen) atoms. The van der Waals surface area contributed by atoms with E-state index in [9.17, 15) is 4.79 Å². The van der Waals surface area contributed by atoms with E-state index in [2.05, 4.69) is 26.2 Å². The van der Waals surface area contributed by atoms with E-state index in [0.717, 1.165) is 23.9 Å². The Morgan fingerprint density at radius 3 is 3.00 bits per heavy atom. The standard InChI is InChI=1S/C14H20BrN3O2/c1-18(2)13-12(7-10(15)8-16-13)14(19)17-9-11-5-3-4-6-20-11/h7-8,11H,3-6,9H2,1-2H3,(H,17,19)/t11-/m1/s1. The van der Waals surface area contributed by atoms with Gasteiger partial charge in [0, 0.05) is 37.9 Å². The maximum absolute atomic E-state index is 12.3. The van der Waals surface area contributed by atoms with Gasteiger partial charge in [-0.2, -0.15) is 0 Å². The van der Waals surface area contributed by atoms with Crippen LogP contribution in [-0.4, -0.2) is 44.2 Å². The molecule has 1 aromatic heterocycles. The van der Waals surface area contributed by atoms with Gasteiger partial charge in [-0.1, -0.05) is 0 Å². The Bertz CT molecular complexity index is 473. The van der Waals surface area contributed by atoms with E-state index in [1.54, 1.807) is 12.3 Å². The van der Waals surface area contributed by atoms with Crippen molar-refractivity contribution in [3.05, 3.63) is 22.3 Å². The van der Waals surface area contributed by atoms with Crippen molar-refractivity contribution < 1.29 is 9.53 Å². The minimum Gasteiger partial charge on any atom is -0.376 e. The van der Waals surface area contributed by atoms with E-state index in [1.807, 2.05) is 19.0 Å². The fourth-order valence-electron chi connectivity index (χ4n) is 2.23. The SMILES string of the molecule is CN(C)c1ncc(Br)cc1C(=O)NC[C@H]1CCCCO1. The average molecular weight is 342 g/mol. The Kier molecular flexibility index (Phi) is 5.37. The summed E-state index contributed by atoms with van der Waals surface area (Å²) in [7, 11) is 3.74. The van der Waals surface area contributed by atoms with Gasteiger partial charge < -0.3 is 15.0 Å². The number of anilines is 1. The van der Waals surface area contributed by atoms with Gasteiger partial charge in [-0.3, -0.25) is 4.79 Å². The molecule has 0 unspecified atom stereocenters. The smallest absolute Gasteiger partial charge is 0.255 e. The van der Waals surface area contributed by atoms with Crippen molar-refractivity contribution >= 4 is 27.7 Å². The number of aromatic nitrogens is 1. The summed E-state index contributed by atoms with van der Waals surface area (Å²) in [6.45, 7) is 1.35. The van der Waals surface area contributed by atoms with Gasteiger partial charge in [0.15, 0.2) is 0 Å². The Morgan fingerprint density at radius 2 is 2.35 bits per heavy atom. The maximum Gasteiger partial charge on any atom is 0.255 e. The molecule has 0 saturated carbocycles. The molecule has 0 aromatic carbocycles. The highest BCUT2D eigenvalue weighted by Gasteiger charge is 2.18. The Balaban J connectivity index is 2.02. The lowest BCUT2D eigenvalue weighted by molar-refractivity contribution is 0.0169. The monoisotopic (exact) mass is 341 g/mol. The molecule has 5 nitrogen and oxygen atoms in total. The van der Waals surface area contributed by atoms with Crippen molar-refractivity contribution in [1.29, 1.82) is 0 Å². The third-order valence-corrected chi connectivity index (χ3v) is 3.70. The van der Waals surface area contributed by atoms with Crippen molar-refractivity contribution in [3.63, 3.8) is 0 Å². The predicted molar refractivity (Wildman–Crippen MR) is 82.2 cm³/mol. The molecule has 2 heterocycles. The second-order valence-corrected chi connectivity index (χ2v) is 6.03. The third-order valence-electron chi connectivity index (χ3n) is 3.27. The molecule has 0 spiro atoms. The highest BCUT2D eigenvalue weighted by Crippen LogP contribution is 2.20. The molecular weight excluding hydrogens is 322 g/mol. The van der Waals surface area contributed by atoms with Crippen molar-refractivity contribution in [2.24, 2.45) is 0 Å². The van der Waals surface area contributed by atoms with E-state index in [0.29, 0.717) is 17.9 Å². The molecule has 1 aromatic rings. The van der Waals surface area contributed by atoms with Gasteiger partial charge in [-0.25, -0.2) is 4.98 Å². The number of carbonyl (C=O) groups excluding carboxylic acids is 1. The zero-order valence-corrected chi connectivity index (χ0v) is 13.4. The normalized spacial score (nSPS) is 18.6. The number of rotatable bonds is 4. The summed E-state index contributed by atoms with van der Waals surface area (Å²) in [4.78, 5) is 18.4. The number of nitrogens with zero attached hydrogens (tertiary/aromatic N) is 2. The number of hydrogen-bond acceptors (Lipinski definition) is 4. The second-order valence-electron chi connectivity index (χ2n) is 5.12. The highest BCUT2D eigenvalue weighted by atomic mass is 79.9. The molecule has 0 bridgehead atoms. The lowest BCUT2D eigenvalue weighted by Gasteiger charge is -2.23. The molecule has 1 atom stereocenters. The molecule has 1 saturated heterocycles. The summed E-state index contributed by atoms with van der Waals surface area (Å²) in [5, 5.41) is 2.94. The summed E-state index contributed by atoms with van der Waals surface area (Å²) >= 11 is 3.36. The summed E-state index contributed by atoms with van der Waals surface area (Å²) in [5.41, 5.74) is 0.570. The summed E-state index contributed by atoms with van der Waals surface area (Å²) in [6, 6.07) is 1.79. The van der Waals surface area contributed by atoms with E-state index < -0.39 is 0 Å². The van der Waals surface area contributed by atoms with E-state index in [1.165, 1.54) is 6.42 Å². The first-order valence-corrected chi connectivity index (χ1v) is 7.60. The Hall–Kier alpha value is -1.14. The van der Waals surface area contributed by atoms with Crippen molar-refractivity contribution in [1.82, 2.24) is 10.3 Å². The maximum atomic E-state index is 12.3. The van der Waals surface area contributed by atoms with Crippen molar-refractivity contribution in [2.75, 3.05) is 32.1 Å². The topological polar surface area (TPSA) is 54.5 Å². The first-order chi connectivity index (χ1) is 9.58. The molecule has 1 aliphatic heterocycles. The van der Waals surface area contributed by atoms with Gasteiger partial charge in [0.1, 0.15) is 5.82 Å². The molecule has 0 aliphatic carbocycles. The summed E-state index contributed by atoms with van der Waals surface area (Å²) in [6.07, 6.45) is 5.12. The van der Waals surface area contributed by atoms with Crippen LogP contribution in [0.1, 0.15) is 29.6 Å². The van der Waals surface area contributed by atoms with Crippen molar-refractivity contribution in [2.45, 2.75) is 25.4 Å². The van der Waals surface area contributed by atoms with Crippen LogP contribution < -0.4 is 10.2 Å². The number of carbonyl (C=O) groups is 1. The van der Waals surface area contributed by atoms with E-state index in [4.69, 9.17) is 4.74 Å². The lowest BCUT2D eigenvalue weighted by atomic mass is 10.1. The molecule has 110 valence electrons. The van der Waals surface area contributed by atoms with Crippen LogP contribution >= 0.6 is 15.9 Å². The van der Waals surface area contributed by atoms with Crippen molar-refractivity contribution in [3.8, 4) is 0 Å². The fourth-order valence-corrected chi connectivity index (χ4v) is 2.56. The fraction of sp³-hybridized carbons (Fsp3) is 0.571. The molecule has 1 N–H and O–H groups in total. The Morgan fingerprint density at radius 1 is 1.55 bits per heavy atom. The number of hydrogen-bond donors (Lipinski definition) is 1. The van der Waals surface area contributed by atoms with Gasteiger partial charge >= 0.3 is 0 Å². The van der Waals surface area contributed by atoms with Crippen LogP contribution in [0, 0.1) is 0 Å². The van der Waals surface area contributed by atoms with Gasteiger partial charge in [-0.05, 0) is 41.3 Å². The second kappa shape index (κ2) is 7.04. The number of halogens is 1. The van der Waals surface area contributed by atoms with Crippen LogP contribution in [0.4, 0.5) is 5.82 Å². The van der Waals surface area contributed by atoms with Gasteiger partial charge in [0.25, 0.3) is 5.91 Å². The molecular formula is C14H20BrN3O2. The Labute approximate surface area is 127 Å². The highest BCUT2D eigenvalue weighted by molar-refractivity contribution is 9.10. The molecule has 1 amide bonds. The quantitative estimate of drug-likeness (QED) is 0.912. The molecule has 1 aliphatic rings. The van der Waals surface area contributed by atoms with Gasteiger partial charge in [0.2, 0.25) is 0 Å². The minimum absolute atomic E-state index is 0.114. The van der Waals surface area contributed by atoms with E-state index >= 15 is 0 Å². The van der Waals surface area contributed by atoms with Crippen LogP contribution in [0.3, 0.4) is 0 Å². The summed E-state index contributed by atoms with van der Waals surface area (Å²) < 4.78 is 6.41. The van der Waals surface area contributed by atoms with Crippen LogP contribution in [0.15, 0.2) is 16.7 Å². The summed E-state index contributed by atoms with van der Waals surface area (Å²) in [5.74, 6) is 0.548. The van der Waals surface area contributed by atoms with Crippen LogP contribution in [0.5, 0.6) is 0 Å². The molecule has 6 heteroatoms. The minimum atomic E-state index is -0.114. The first kappa shape index (κ1) is 15.3. The average Bonchev–Trinajstić information content (AvgIpc) is 2.45. The van der Waals surface area contributed by atoms with Crippen LogP contribution in [0.25, 0.3) is 0 Å². The largest absolute Gasteiger partial charge is 0.376 e. The molecule has 0 radical (unpaired) electrons. The third kappa shape index (κ3) is 3.93.